The molecule has 0 aliphatic rings. The molecule has 0 amide bonds. The molecule has 0 aliphatic carbocycles. The minimum Gasteiger partial charge on any atom is -0.460 e. The van der Waals surface area contributed by atoms with E-state index in [0.29, 0.717) is 13.1 Å². The Morgan fingerprint density at radius 2 is 1.80 bits per heavy atom. The molecule has 4 nitrogen and oxygen atoms in total. The van der Waals surface area contributed by atoms with Gasteiger partial charge in [0.2, 0.25) is 0 Å². The van der Waals surface area contributed by atoms with Gasteiger partial charge in [0.25, 0.3) is 0 Å². The number of halogens is 1. The van der Waals surface area contributed by atoms with Gasteiger partial charge in [-0.25, -0.2) is 4.39 Å². The van der Waals surface area contributed by atoms with Crippen molar-refractivity contribution in [2.45, 2.75) is 12.8 Å². The average Bonchev–Trinajstić information content (AvgIpc) is 2.93. The zero-order valence-electron chi connectivity index (χ0n) is 11.6. The third-order valence-corrected chi connectivity index (χ3v) is 2.93. The first-order valence-corrected chi connectivity index (χ1v) is 6.34. The number of furan rings is 1. The summed E-state index contributed by atoms with van der Waals surface area (Å²) < 4.78 is 28.7. The van der Waals surface area contributed by atoms with Crippen molar-refractivity contribution in [1.29, 1.82) is 0 Å². The molecule has 108 valence electrons. The Labute approximate surface area is 117 Å². The molecule has 5 heteroatoms. The smallest absolute Gasteiger partial charge is 0.169 e. The van der Waals surface area contributed by atoms with Crippen molar-refractivity contribution in [3.05, 3.63) is 48.0 Å². The summed E-state index contributed by atoms with van der Waals surface area (Å²) in [7, 11) is 3.19. The van der Waals surface area contributed by atoms with Gasteiger partial charge in [0.05, 0.1) is 6.54 Å². The highest BCUT2D eigenvalue weighted by molar-refractivity contribution is 5.57. The number of hydrogen-bond donors (Lipinski definition) is 1. The molecule has 1 heterocycles. The van der Waals surface area contributed by atoms with Crippen LogP contribution >= 0.6 is 0 Å². The molecule has 0 unspecified atom stereocenters. The second-order valence-corrected chi connectivity index (χ2v) is 4.30. The van der Waals surface area contributed by atoms with Crippen LogP contribution in [-0.4, -0.2) is 27.1 Å². The lowest BCUT2D eigenvalue weighted by Crippen LogP contribution is -2.29. The van der Waals surface area contributed by atoms with E-state index in [1.165, 1.54) is 12.1 Å². The van der Waals surface area contributed by atoms with Gasteiger partial charge in [-0.2, -0.15) is 0 Å². The molecule has 0 atom stereocenters. The van der Waals surface area contributed by atoms with Gasteiger partial charge in [-0.15, -0.1) is 0 Å². The quantitative estimate of drug-likeness (QED) is 0.791. The van der Waals surface area contributed by atoms with Gasteiger partial charge in [-0.3, -0.25) is 0 Å². The standard InChI is InChI=1S/C15H18FNO3/c1-18-15(19-2)10-17-9-13-7-8-14(20-13)11-3-5-12(16)6-4-11/h3-8,15,17H,9-10H2,1-2H3. The molecule has 1 N–H and O–H groups in total. The second-order valence-electron chi connectivity index (χ2n) is 4.30. The minimum absolute atomic E-state index is 0.257. The van der Waals surface area contributed by atoms with Crippen molar-refractivity contribution in [1.82, 2.24) is 5.32 Å². The predicted molar refractivity (Wildman–Crippen MR) is 73.6 cm³/mol. The summed E-state index contributed by atoms with van der Waals surface area (Å²) in [5, 5.41) is 3.17. The maximum atomic E-state index is 12.9. The molecule has 0 spiro atoms. The first kappa shape index (κ1) is 14.7. The summed E-state index contributed by atoms with van der Waals surface area (Å²) in [6.07, 6.45) is -0.276. The Morgan fingerprint density at radius 1 is 1.10 bits per heavy atom. The van der Waals surface area contributed by atoms with Crippen molar-refractivity contribution < 1.29 is 18.3 Å². The number of methoxy groups -OCH3 is 2. The van der Waals surface area contributed by atoms with Crippen LogP contribution in [0.3, 0.4) is 0 Å². The van der Waals surface area contributed by atoms with E-state index in [1.54, 1.807) is 26.4 Å². The van der Waals surface area contributed by atoms with Crippen LogP contribution in [0.4, 0.5) is 4.39 Å². The molecule has 0 saturated heterocycles. The number of benzene rings is 1. The molecule has 20 heavy (non-hydrogen) atoms. The fraction of sp³-hybridized carbons (Fsp3) is 0.333. The first-order chi connectivity index (χ1) is 9.72. The molecule has 0 bridgehead atoms. The molecule has 0 fully saturated rings. The van der Waals surface area contributed by atoms with E-state index in [4.69, 9.17) is 13.9 Å². The lowest BCUT2D eigenvalue weighted by Gasteiger charge is -2.13. The third kappa shape index (κ3) is 3.90. The van der Waals surface area contributed by atoms with E-state index in [1.807, 2.05) is 12.1 Å². The molecule has 0 saturated carbocycles. The number of ether oxygens (including phenoxy) is 2. The predicted octanol–water partition coefficient (Wildman–Crippen LogP) is 2.79. The Morgan fingerprint density at radius 3 is 2.45 bits per heavy atom. The summed E-state index contributed by atoms with van der Waals surface area (Å²) in [4.78, 5) is 0. The van der Waals surface area contributed by atoms with Gasteiger partial charge < -0.3 is 19.2 Å². The Kier molecular flexibility index (Phi) is 5.29. The highest BCUT2D eigenvalue weighted by Crippen LogP contribution is 2.22. The summed E-state index contributed by atoms with van der Waals surface area (Å²) in [6, 6.07) is 9.97. The van der Waals surface area contributed by atoms with Crippen molar-refractivity contribution in [3.8, 4) is 11.3 Å². The normalized spacial score (nSPS) is 11.2. The Hall–Kier alpha value is -1.69. The molecule has 2 aromatic rings. The fourth-order valence-electron chi connectivity index (χ4n) is 1.82. The Bertz CT molecular complexity index is 520. The van der Waals surface area contributed by atoms with E-state index in [2.05, 4.69) is 5.32 Å². The van der Waals surface area contributed by atoms with Gasteiger partial charge in [0.15, 0.2) is 6.29 Å². The third-order valence-electron chi connectivity index (χ3n) is 2.93. The minimum atomic E-state index is -0.276. The van der Waals surface area contributed by atoms with Crippen LogP contribution in [0.5, 0.6) is 0 Å². The van der Waals surface area contributed by atoms with Crippen LogP contribution in [-0.2, 0) is 16.0 Å². The number of nitrogens with one attached hydrogen (secondary N) is 1. The van der Waals surface area contributed by atoms with Gasteiger partial charge in [-0.05, 0) is 36.4 Å². The highest BCUT2D eigenvalue weighted by atomic mass is 19.1. The summed E-state index contributed by atoms with van der Waals surface area (Å²) >= 11 is 0. The topological polar surface area (TPSA) is 43.6 Å². The summed E-state index contributed by atoms with van der Waals surface area (Å²) in [5.74, 6) is 1.26. The number of hydrogen-bond acceptors (Lipinski definition) is 4. The monoisotopic (exact) mass is 279 g/mol. The average molecular weight is 279 g/mol. The molecule has 1 aromatic heterocycles. The van der Waals surface area contributed by atoms with Gasteiger partial charge >= 0.3 is 0 Å². The van der Waals surface area contributed by atoms with Crippen LogP contribution in [0.25, 0.3) is 11.3 Å². The lowest BCUT2D eigenvalue weighted by atomic mass is 10.2. The van der Waals surface area contributed by atoms with Gasteiger partial charge in [0, 0.05) is 26.3 Å². The largest absolute Gasteiger partial charge is 0.460 e. The zero-order chi connectivity index (χ0) is 14.4. The van der Waals surface area contributed by atoms with E-state index >= 15 is 0 Å². The lowest BCUT2D eigenvalue weighted by molar-refractivity contribution is -0.0990. The number of rotatable bonds is 7. The summed E-state index contributed by atoms with van der Waals surface area (Å²) in [5.41, 5.74) is 0.851. The van der Waals surface area contributed by atoms with Crippen LogP contribution < -0.4 is 5.32 Å². The van der Waals surface area contributed by atoms with Crippen LogP contribution in [0.1, 0.15) is 5.76 Å². The SMILES string of the molecule is COC(CNCc1ccc(-c2ccc(F)cc2)o1)OC. The van der Waals surface area contributed by atoms with Crippen LogP contribution in [0, 0.1) is 5.82 Å². The highest BCUT2D eigenvalue weighted by Gasteiger charge is 2.07. The van der Waals surface area contributed by atoms with Crippen molar-refractivity contribution >= 4 is 0 Å². The van der Waals surface area contributed by atoms with Crippen LogP contribution in [0.2, 0.25) is 0 Å². The van der Waals surface area contributed by atoms with E-state index < -0.39 is 0 Å². The van der Waals surface area contributed by atoms with Crippen molar-refractivity contribution in [3.63, 3.8) is 0 Å². The Balaban J connectivity index is 1.90. The van der Waals surface area contributed by atoms with Crippen molar-refractivity contribution in [2.24, 2.45) is 0 Å². The molecule has 0 aliphatic heterocycles. The van der Waals surface area contributed by atoms with E-state index in [-0.39, 0.29) is 12.1 Å². The second kappa shape index (κ2) is 7.19. The van der Waals surface area contributed by atoms with E-state index in [9.17, 15) is 4.39 Å². The van der Waals surface area contributed by atoms with Crippen LogP contribution in [0.15, 0.2) is 40.8 Å². The maximum absolute atomic E-state index is 12.9. The van der Waals surface area contributed by atoms with E-state index in [0.717, 1.165) is 17.1 Å². The molecule has 1 aromatic carbocycles. The molecular formula is C15H18FNO3. The fourth-order valence-corrected chi connectivity index (χ4v) is 1.82. The molecule has 2 rings (SSSR count). The van der Waals surface area contributed by atoms with Gasteiger partial charge in [0.1, 0.15) is 17.3 Å². The van der Waals surface area contributed by atoms with Crippen molar-refractivity contribution in [2.75, 3.05) is 20.8 Å². The zero-order valence-corrected chi connectivity index (χ0v) is 11.6. The molecular weight excluding hydrogens is 261 g/mol. The first-order valence-electron chi connectivity index (χ1n) is 6.34. The molecule has 0 radical (unpaired) electrons. The summed E-state index contributed by atoms with van der Waals surface area (Å²) in [6.45, 7) is 1.14. The van der Waals surface area contributed by atoms with Gasteiger partial charge in [-0.1, -0.05) is 0 Å². The maximum Gasteiger partial charge on any atom is 0.169 e.